The topological polar surface area (TPSA) is 34.4 Å². The predicted molar refractivity (Wildman–Crippen MR) is 76.1 cm³/mol. The first-order chi connectivity index (χ1) is 8.04. The third kappa shape index (κ3) is 5.12. The number of furan rings is 1. The smallest absolute Gasteiger partial charge is 0.183 e. The number of ether oxygens (including phenoxy) is 1. The number of hydrogen-bond donors (Lipinski definition) is 1. The lowest BCUT2D eigenvalue weighted by Crippen LogP contribution is -2.37. The molecule has 0 saturated carbocycles. The van der Waals surface area contributed by atoms with Crippen LogP contribution in [0.4, 0.5) is 0 Å². The van der Waals surface area contributed by atoms with Crippen LogP contribution < -0.4 is 5.32 Å². The highest BCUT2D eigenvalue weighted by Crippen LogP contribution is 2.26. The summed E-state index contributed by atoms with van der Waals surface area (Å²) >= 11 is 6.73. The molecular weight excluding hydrogens is 350 g/mol. The van der Waals surface area contributed by atoms with Gasteiger partial charge in [0.25, 0.3) is 0 Å². The SMILES string of the molecule is CCOCC(NCc1cc(Br)c(Br)o1)C(C)C. The van der Waals surface area contributed by atoms with E-state index in [1.165, 1.54) is 0 Å². The highest BCUT2D eigenvalue weighted by molar-refractivity contribution is 9.13. The molecule has 1 aromatic rings. The molecule has 0 spiro atoms. The van der Waals surface area contributed by atoms with E-state index in [0.717, 1.165) is 28.1 Å². The minimum absolute atomic E-state index is 0.345. The van der Waals surface area contributed by atoms with Crippen LogP contribution in [-0.4, -0.2) is 19.3 Å². The van der Waals surface area contributed by atoms with Crippen molar-refractivity contribution in [2.75, 3.05) is 13.2 Å². The predicted octanol–water partition coefficient (Wildman–Crippen LogP) is 3.96. The molecule has 0 bridgehead atoms. The molecule has 0 radical (unpaired) electrons. The van der Waals surface area contributed by atoms with Gasteiger partial charge in [-0.05, 0) is 50.8 Å². The Hall–Kier alpha value is 0.160. The summed E-state index contributed by atoms with van der Waals surface area (Å²) in [5, 5.41) is 3.45. The van der Waals surface area contributed by atoms with Crippen LogP contribution in [0.3, 0.4) is 0 Å². The van der Waals surface area contributed by atoms with Crippen molar-refractivity contribution in [2.45, 2.75) is 33.4 Å². The van der Waals surface area contributed by atoms with E-state index in [1.54, 1.807) is 0 Å². The Morgan fingerprint density at radius 1 is 1.41 bits per heavy atom. The summed E-state index contributed by atoms with van der Waals surface area (Å²) in [7, 11) is 0. The van der Waals surface area contributed by atoms with E-state index in [9.17, 15) is 0 Å². The second kappa shape index (κ2) is 7.56. The fourth-order valence-corrected chi connectivity index (χ4v) is 2.10. The van der Waals surface area contributed by atoms with Crippen LogP contribution in [0.2, 0.25) is 0 Å². The summed E-state index contributed by atoms with van der Waals surface area (Å²) in [5.41, 5.74) is 0. The minimum Gasteiger partial charge on any atom is -0.452 e. The zero-order valence-electron chi connectivity index (χ0n) is 10.4. The third-order valence-electron chi connectivity index (χ3n) is 2.54. The minimum atomic E-state index is 0.345. The van der Waals surface area contributed by atoms with Crippen molar-refractivity contribution in [1.29, 1.82) is 0 Å². The van der Waals surface area contributed by atoms with Gasteiger partial charge in [0.1, 0.15) is 5.76 Å². The Bertz CT molecular complexity index is 320. The van der Waals surface area contributed by atoms with Crippen LogP contribution in [-0.2, 0) is 11.3 Å². The van der Waals surface area contributed by atoms with Crippen LogP contribution in [0.15, 0.2) is 19.6 Å². The van der Waals surface area contributed by atoms with Crippen molar-refractivity contribution in [1.82, 2.24) is 5.32 Å². The quantitative estimate of drug-likeness (QED) is 0.791. The second-order valence-corrected chi connectivity index (χ2v) is 5.80. The summed E-state index contributed by atoms with van der Waals surface area (Å²) in [5.74, 6) is 1.44. The lowest BCUT2D eigenvalue weighted by Gasteiger charge is -2.21. The molecular formula is C12H19Br2NO2. The molecule has 1 atom stereocenters. The fourth-order valence-electron chi connectivity index (χ4n) is 1.44. The Labute approximate surface area is 120 Å². The maximum atomic E-state index is 5.52. The number of halogens is 2. The molecule has 3 nitrogen and oxygen atoms in total. The monoisotopic (exact) mass is 367 g/mol. The van der Waals surface area contributed by atoms with Gasteiger partial charge in [-0.25, -0.2) is 0 Å². The van der Waals surface area contributed by atoms with E-state index >= 15 is 0 Å². The van der Waals surface area contributed by atoms with Gasteiger partial charge in [0, 0.05) is 12.6 Å². The highest BCUT2D eigenvalue weighted by atomic mass is 79.9. The summed E-state index contributed by atoms with van der Waals surface area (Å²) in [6, 6.07) is 2.31. The van der Waals surface area contributed by atoms with E-state index in [-0.39, 0.29) is 0 Å². The van der Waals surface area contributed by atoms with Crippen molar-refractivity contribution in [2.24, 2.45) is 5.92 Å². The van der Waals surface area contributed by atoms with Crippen molar-refractivity contribution >= 4 is 31.9 Å². The normalized spacial score (nSPS) is 13.3. The van der Waals surface area contributed by atoms with Gasteiger partial charge in [-0.2, -0.15) is 0 Å². The maximum absolute atomic E-state index is 5.52. The summed E-state index contributed by atoms with van der Waals surface area (Å²) in [6.45, 7) is 8.58. The molecule has 1 heterocycles. The first-order valence-corrected chi connectivity index (χ1v) is 7.38. The van der Waals surface area contributed by atoms with Gasteiger partial charge in [0.05, 0.1) is 17.6 Å². The first-order valence-electron chi connectivity index (χ1n) is 5.79. The molecule has 0 aliphatic heterocycles. The van der Waals surface area contributed by atoms with Crippen molar-refractivity contribution < 1.29 is 9.15 Å². The van der Waals surface area contributed by atoms with Gasteiger partial charge in [-0.15, -0.1) is 0 Å². The first kappa shape index (κ1) is 15.2. The number of nitrogens with one attached hydrogen (secondary N) is 1. The number of hydrogen-bond acceptors (Lipinski definition) is 3. The van der Waals surface area contributed by atoms with Gasteiger partial charge in [-0.1, -0.05) is 13.8 Å². The van der Waals surface area contributed by atoms with Crippen molar-refractivity contribution in [3.05, 3.63) is 21.0 Å². The molecule has 17 heavy (non-hydrogen) atoms. The number of rotatable bonds is 7. The molecule has 5 heteroatoms. The lowest BCUT2D eigenvalue weighted by molar-refractivity contribution is 0.107. The molecule has 1 rings (SSSR count). The van der Waals surface area contributed by atoms with Crippen LogP contribution in [0.25, 0.3) is 0 Å². The lowest BCUT2D eigenvalue weighted by atomic mass is 10.1. The molecule has 0 fully saturated rings. The fraction of sp³-hybridized carbons (Fsp3) is 0.667. The zero-order valence-corrected chi connectivity index (χ0v) is 13.6. The Kier molecular flexibility index (Phi) is 6.77. The molecule has 1 N–H and O–H groups in total. The van der Waals surface area contributed by atoms with Gasteiger partial charge in [0.2, 0.25) is 0 Å². The average Bonchev–Trinajstić information content (AvgIpc) is 2.58. The van der Waals surface area contributed by atoms with Gasteiger partial charge < -0.3 is 14.5 Å². The highest BCUT2D eigenvalue weighted by Gasteiger charge is 2.14. The van der Waals surface area contributed by atoms with E-state index < -0.39 is 0 Å². The summed E-state index contributed by atoms with van der Waals surface area (Å²) in [4.78, 5) is 0. The van der Waals surface area contributed by atoms with Crippen LogP contribution in [0.1, 0.15) is 26.5 Å². The van der Waals surface area contributed by atoms with E-state index in [4.69, 9.17) is 9.15 Å². The molecule has 1 unspecified atom stereocenters. The molecule has 0 aromatic carbocycles. The Morgan fingerprint density at radius 2 is 2.12 bits per heavy atom. The zero-order chi connectivity index (χ0) is 12.8. The van der Waals surface area contributed by atoms with E-state index in [1.807, 2.05) is 13.0 Å². The molecule has 0 aliphatic rings. The maximum Gasteiger partial charge on any atom is 0.183 e. The molecule has 0 amide bonds. The molecule has 0 saturated heterocycles. The van der Waals surface area contributed by atoms with Gasteiger partial charge in [-0.3, -0.25) is 0 Å². The van der Waals surface area contributed by atoms with E-state index in [0.29, 0.717) is 18.5 Å². The Morgan fingerprint density at radius 3 is 2.59 bits per heavy atom. The Balaban J connectivity index is 2.45. The summed E-state index contributed by atoms with van der Waals surface area (Å²) in [6.07, 6.45) is 0. The van der Waals surface area contributed by atoms with E-state index in [2.05, 4.69) is 51.0 Å². The second-order valence-electron chi connectivity index (χ2n) is 4.23. The third-order valence-corrected chi connectivity index (χ3v) is 4.25. The van der Waals surface area contributed by atoms with Gasteiger partial charge >= 0.3 is 0 Å². The largest absolute Gasteiger partial charge is 0.452 e. The van der Waals surface area contributed by atoms with Crippen LogP contribution in [0, 0.1) is 5.92 Å². The van der Waals surface area contributed by atoms with Gasteiger partial charge in [0.15, 0.2) is 4.67 Å². The van der Waals surface area contributed by atoms with Crippen molar-refractivity contribution in [3.8, 4) is 0 Å². The molecule has 0 aliphatic carbocycles. The van der Waals surface area contributed by atoms with Crippen LogP contribution >= 0.6 is 31.9 Å². The van der Waals surface area contributed by atoms with Crippen LogP contribution in [0.5, 0.6) is 0 Å². The average molecular weight is 369 g/mol. The van der Waals surface area contributed by atoms with Crippen molar-refractivity contribution in [3.63, 3.8) is 0 Å². The molecule has 98 valence electrons. The summed E-state index contributed by atoms with van der Waals surface area (Å²) < 4.78 is 12.7. The molecule has 1 aromatic heterocycles. The standard InChI is InChI=1S/C12H19Br2NO2/c1-4-16-7-11(8(2)3)15-6-9-5-10(13)12(14)17-9/h5,8,11,15H,4,6-7H2,1-3H3.